The lowest BCUT2D eigenvalue weighted by molar-refractivity contribution is 0.276. The van der Waals surface area contributed by atoms with Crippen molar-refractivity contribution in [1.29, 1.82) is 0 Å². The number of rotatable bonds is 3. The zero-order valence-corrected chi connectivity index (χ0v) is 8.99. The first-order chi connectivity index (χ1) is 7.29. The summed E-state index contributed by atoms with van der Waals surface area (Å²) in [6.07, 6.45) is -0.737. The van der Waals surface area contributed by atoms with Crippen LogP contribution in [0.2, 0.25) is 0 Å². The summed E-state index contributed by atoms with van der Waals surface area (Å²) in [5.74, 6) is 0. The average Bonchev–Trinajstić information content (AvgIpc) is 2.60. The number of nitrogens with zero attached hydrogens (tertiary/aromatic N) is 1. The summed E-state index contributed by atoms with van der Waals surface area (Å²) in [5.41, 5.74) is 1.25. The first kappa shape index (κ1) is 10.6. The van der Waals surface area contributed by atoms with E-state index < -0.39 is 6.17 Å². The van der Waals surface area contributed by atoms with E-state index in [2.05, 4.69) is 22.3 Å². The van der Waals surface area contributed by atoms with Crippen molar-refractivity contribution < 1.29 is 4.39 Å². The van der Waals surface area contributed by atoms with Gasteiger partial charge in [0.2, 0.25) is 0 Å². The van der Waals surface area contributed by atoms with Crippen molar-refractivity contribution in [3.8, 4) is 0 Å². The van der Waals surface area contributed by atoms with Gasteiger partial charge in [-0.1, -0.05) is 30.3 Å². The number of likely N-dealkylation sites (N-methyl/N-ethyl adjacent to an activating group) is 1. The number of benzene rings is 1. The summed E-state index contributed by atoms with van der Waals surface area (Å²) in [7, 11) is 1.82. The highest BCUT2D eigenvalue weighted by atomic mass is 19.1. The highest BCUT2D eigenvalue weighted by Crippen LogP contribution is 2.16. The Hall–Kier alpha value is -0.930. The molecular formula is C12H17FN2. The van der Waals surface area contributed by atoms with Crippen molar-refractivity contribution in [3.05, 3.63) is 35.9 Å². The van der Waals surface area contributed by atoms with Crippen LogP contribution in [0.1, 0.15) is 5.56 Å². The van der Waals surface area contributed by atoms with Gasteiger partial charge < -0.3 is 5.32 Å². The summed E-state index contributed by atoms with van der Waals surface area (Å²) in [6, 6.07) is 10.2. The van der Waals surface area contributed by atoms with E-state index in [1.54, 1.807) is 0 Å². The predicted octanol–water partition coefficient (Wildman–Crippen LogP) is 1.43. The Bertz CT molecular complexity index is 302. The number of hydrogen-bond donors (Lipinski definition) is 1. The maximum Gasteiger partial charge on any atom is 0.129 e. The molecule has 15 heavy (non-hydrogen) atoms. The van der Waals surface area contributed by atoms with Gasteiger partial charge in [0, 0.05) is 19.6 Å². The molecule has 2 rings (SSSR count). The third kappa shape index (κ3) is 2.55. The van der Waals surface area contributed by atoms with Crippen LogP contribution in [0.15, 0.2) is 30.3 Å². The van der Waals surface area contributed by atoms with E-state index in [1.165, 1.54) is 5.56 Å². The van der Waals surface area contributed by atoms with Gasteiger partial charge in [0.1, 0.15) is 6.17 Å². The number of halogens is 1. The Morgan fingerprint density at radius 1 is 1.33 bits per heavy atom. The first-order valence-electron chi connectivity index (χ1n) is 5.37. The molecule has 0 bridgehead atoms. The van der Waals surface area contributed by atoms with Crippen LogP contribution in [-0.4, -0.2) is 37.3 Å². The third-order valence-electron chi connectivity index (χ3n) is 2.94. The lowest BCUT2D eigenvalue weighted by Gasteiger charge is -2.14. The first-order valence-corrected chi connectivity index (χ1v) is 5.37. The van der Waals surface area contributed by atoms with Crippen LogP contribution in [0.25, 0.3) is 0 Å². The molecule has 0 saturated carbocycles. The maximum atomic E-state index is 13.4. The van der Waals surface area contributed by atoms with Gasteiger partial charge in [0.05, 0.1) is 6.04 Å². The lowest BCUT2D eigenvalue weighted by Crippen LogP contribution is -2.34. The van der Waals surface area contributed by atoms with Crippen LogP contribution in [0.3, 0.4) is 0 Å². The SMILES string of the molecule is CN[C@@H]1CN(Cc2ccccc2)C[C@H]1F. The molecule has 1 heterocycles. The topological polar surface area (TPSA) is 15.3 Å². The maximum absolute atomic E-state index is 13.4. The second-order valence-corrected chi connectivity index (χ2v) is 4.09. The van der Waals surface area contributed by atoms with Gasteiger partial charge >= 0.3 is 0 Å². The Balaban J connectivity index is 1.92. The molecule has 0 aromatic heterocycles. The summed E-state index contributed by atoms with van der Waals surface area (Å²) >= 11 is 0. The monoisotopic (exact) mass is 208 g/mol. The Labute approximate surface area is 90.1 Å². The molecule has 0 radical (unpaired) electrons. The van der Waals surface area contributed by atoms with Gasteiger partial charge in [0.25, 0.3) is 0 Å². The normalized spacial score (nSPS) is 27.1. The molecule has 1 saturated heterocycles. The molecule has 1 aromatic carbocycles. The molecule has 2 nitrogen and oxygen atoms in total. The van der Waals surface area contributed by atoms with Gasteiger partial charge in [-0.2, -0.15) is 0 Å². The van der Waals surface area contributed by atoms with Gasteiger partial charge in [0.15, 0.2) is 0 Å². The molecule has 1 N–H and O–H groups in total. The van der Waals surface area contributed by atoms with Crippen LogP contribution < -0.4 is 5.32 Å². The van der Waals surface area contributed by atoms with E-state index in [0.29, 0.717) is 6.54 Å². The summed E-state index contributed by atoms with van der Waals surface area (Å²) in [6.45, 7) is 2.19. The van der Waals surface area contributed by atoms with Crippen molar-refractivity contribution in [2.45, 2.75) is 18.8 Å². The van der Waals surface area contributed by atoms with Crippen molar-refractivity contribution in [2.75, 3.05) is 20.1 Å². The van der Waals surface area contributed by atoms with Crippen LogP contribution >= 0.6 is 0 Å². The molecule has 2 atom stereocenters. The molecular weight excluding hydrogens is 191 g/mol. The van der Waals surface area contributed by atoms with Crippen molar-refractivity contribution in [2.24, 2.45) is 0 Å². The van der Waals surface area contributed by atoms with Gasteiger partial charge in [-0.05, 0) is 12.6 Å². The Morgan fingerprint density at radius 3 is 2.67 bits per heavy atom. The van der Waals surface area contributed by atoms with E-state index in [4.69, 9.17) is 0 Å². The smallest absolute Gasteiger partial charge is 0.129 e. The second kappa shape index (κ2) is 4.73. The number of likely N-dealkylation sites (tertiary alicyclic amines) is 1. The van der Waals surface area contributed by atoms with Crippen LogP contribution in [0, 0.1) is 0 Å². The van der Waals surface area contributed by atoms with Crippen molar-refractivity contribution in [3.63, 3.8) is 0 Å². The van der Waals surface area contributed by atoms with E-state index in [0.717, 1.165) is 13.1 Å². The standard InChI is InChI=1S/C12H17FN2/c1-14-12-9-15(8-11(12)13)7-10-5-3-2-4-6-10/h2-6,11-12,14H,7-9H2,1H3/t11-,12-/m1/s1. The number of nitrogens with one attached hydrogen (secondary N) is 1. The minimum atomic E-state index is -0.737. The fraction of sp³-hybridized carbons (Fsp3) is 0.500. The molecule has 1 aliphatic rings. The fourth-order valence-electron chi connectivity index (χ4n) is 2.08. The van der Waals surface area contributed by atoms with Crippen LogP contribution in [0.4, 0.5) is 4.39 Å². The van der Waals surface area contributed by atoms with Gasteiger partial charge in [-0.3, -0.25) is 4.90 Å². The zero-order valence-electron chi connectivity index (χ0n) is 8.99. The molecule has 0 unspecified atom stereocenters. The minimum absolute atomic E-state index is 0.00582. The molecule has 1 aliphatic heterocycles. The molecule has 0 amide bonds. The zero-order chi connectivity index (χ0) is 10.7. The van der Waals surface area contributed by atoms with Crippen molar-refractivity contribution in [1.82, 2.24) is 10.2 Å². The summed E-state index contributed by atoms with van der Waals surface area (Å²) in [5, 5.41) is 3.01. The van der Waals surface area contributed by atoms with Crippen LogP contribution in [-0.2, 0) is 6.54 Å². The predicted molar refractivity (Wildman–Crippen MR) is 59.5 cm³/mol. The average molecular weight is 208 g/mol. The number of alkyl halides is 1. The van der Waals surface area contributed by atoms with E-state index in [-0.39, 0.29) is 6.04 Å². The summed E-state index contributed by atoms with van der Waals surface area (Å²) < 4.78 is 13.4. The lowest BCUT2D eigenvalue weighted by atomic mass is 10.2. The van der Waals surface area contributed by atoms with E-state index >= 15 is 0 Å². The third-order valence-corrected chi connectivity index (χ3v) is 2.94. The highest BCUT2D eigenvalue weighted by Gasteiger charge is 2.31. The molecule has 82 valence electrons. The second-order valence-electron chi connectivity index (χ2n) is 4.09. The van der Waals surface area contributed by atoms with Crippen molar-refractivity contribution >= 4 is 0 Å². The van der Waals surface area contributed by atoms with E-state index in [9.17, 15) is 4.39 Å². The van der Waals surface area contributed by atoms with Crippen LogP contribution in [0.5, 0.6) is 0 Å². The van der Waals surface area contributed by atoms with E-state index in [1.807, 2.05) is 25.2 Å². The van der Waals surface area contributed by atoms with Gasteiger partial charge in [-0.15, -0.1) is 0 Å². The molecule has 1 aromatic rings. The molecule has 0 aliphatic carbocycles. The molecule has 0 spiro atoms. The fourth-order valence-corrected chi connectivity index (χ4v) is 2.08. The largest absolute Gasteiger partial charge is 0.313 e. The molecule has 1 fully saturated rings. The Morgan fingerprint density at radius 2 is 2.07 bits per heavy atom. The Kier molecular flexibility index (Phi) is 3.34. The van der Waals surface area contributed by atoms with Gasteiger partial charge in [-0.25, -0.2) is 4.39 Å². The minimum Gasteiger partial charge on any atom is -0.313 e. The highest BCUT2D eigenvalue weighted by molar-refractivity contribution is 5.14. The summed E-state index contributed by atoms with van der Waals surface area (Å²) in [4.78, 5) is 2.15. The number of hydrogen-bond acceptors (Lipinski definition) is 2. The quantitative estimate of drug-likeness (QED) is 0.808. The molecule has 3 heteroatoms.